The molecule has 8 bridgehead atoms. The van der Waals surface area contributed by atoms with Gasteiger partial charge in [0.2, 0.25) is 0 Å². The fourth-order valence-electron chi connectivity index (χ4n) is 7.68. The molecule has 2 N–H and O–H groups in total. The average Bonchev–Trinajstić information content (AvgIpc) is 3.05. The van der Waals surface area contributed by atoms with E-state index >= 15 is 13.2 Å². The van der Waals surface area contributed by atoms with Crippen LogP contribution in [0, 0.1) is 23.1 Å². The number of fused-ring (bicyclic) bond motifs is 9. The van der Waals surface area contributed by atoms with E-state index in [9.17, 15) is 15.2 Å². The number of benzene rings is 1. The lowest BCUT2D eigenvalue weighted by Gasteiger charge is -2.36. The molecule has 3 aromatic rings. The second kappa shape index (κ2) is 13.3. The van der Waals surface area contributed by atoms with Crippen molar-refractivity contribution in [2.75, 3.05) is 25.0 Å². The van der Waals surface area contributed by atoms with Crippen molar-refractivity contribution in [2.45, 2.75) is 108 Å². The van der Waals surface area contributed by atoms with Crippen LogP contribution in [0.1, 0.15) is 100 Å². The lowest BCUT2D eigenvalue weighted by atomic mass is 9.70. The first-order valence-electron chi connectivity index (χ1n) is 16.8. The number of alkyl halides is 2. The molecule has 0 amide bonds. The van der Waals surface area contributed by atoms with E-state index in [1.807, 2.05) is 0 Å². The smallest absolute Gasteiger partial charge is 0.278 e. The lowest BCUT2D eigenvalue weighted by Crippen LogP contribution is -2.40. The van der Waals surface area contributed by atoms with E-state index < -0.39 is 40.8 Å². The van der Waals surface area contributed by atoms with Gasteiger partial charge in [0, 0.05) is 23.6 Å². The van der Waals surface area contributed by atoms with Crippen molar-refractivity contribution in [1.82, 2.24) is 19.4 Å². The SMILES string of the molecule is C[C@H]1Nc2ncnc3c2cc(C2(C#N)CCC(O)CC2)c(=O)n3CCCCCCCN2CCC(CC2)C(F)(F)c2cccc1c2F. The molecule has 2 aromatic heterocycles. The van der Waals surface area contributed by atoms with Gasteiger partial charge in [0.25, 0.3) is 11.5 Å². The van der Waals surface area contributed by atoms with Gasteiger partial charge < -0.3 is 15.3 Å². The number of nitrogens with zero attached hydrogens (tertiary/aromatic N) is 5. The van der Waals surface area contributed by atoms with Crippen LogP contribution in [0.15, 0.2) is 35.4 Å². The van der Waals surface area contributed by atoms with E-state index in [1.54, 1.807) is 17.6 Å². The summed E-state index contributed by atoms with van der Waals surface area (Å²) in [5.74, 6) is -4.84. The van der Waals surface area contributed by atoms with Crippen LogP contribution in [0.25, 0.3) is 11.0 Å². The molecule has 7 rings (SSSR count). The maximum atomic E-state index is 16.0. The summed E-state index contributed by atoms with van der Waals surface area (Å²) in [6.07, 6.45) is 7.59. The molecule has 1 aliphatic carbocycles. The van der Waals surface area contributed by atoms with Gasteiger partial charge >= 0.3 is 0 Å². The quantitative estimate of drug-likeness (QED) is 0.311. The Bertz CT molecular complexity index is 1650. The molecule has 4 aliphatic rings. The Balaban J connectivity index is 1.45. The number of rotatable bonds is 1. The Morgan fingerprint density at radius 1 is 0.978 bits per heavy atom. The van der Waals surface area contributed by atoms with E-state index in [0.717, 1.165) is 38.6 Å². The first-order chi connectivity index (χ1) is 22.1. The predicted molar refractivity (Wildman–Crippen MR) is 170 cm³/mol. The number of aliphatic hydroxyl groups is 1. The van der Waals surface area contributed by atoms with E-state index in [0.29, 0.717) is 80.6 Å². The van der Waals surface area contributed by atoms with Crippen LogP contribution in [-0.4, -0.2) is 50.3 Å². The maximum Gasteiger partial charge on any atom is 0.278 e. The highest BCUT2D eigenvalue weighted by Crippen LogP contribution is 2.44. The minimum absolute atomic E-state index is 0.0931. The van der Waals surface area contributed by atoms with Crippen molar-refractivity contribution in [1.29, 1.82) is 5.26 Å². The third-order valence-electron chi connectivity index (χ3n) is 10.6. The topological polar surface area (TPSA) is 107 Å². The fraction of sp³-hybridized carbons (Fsp3) is 0.600. The minimum Gasteiger partial charge on any atom is -0.393 e. The Labute approximate surface area is 267 Å². The van der Waals surface area contributed by atoms with Crippen LogP contribution in [0.3, 0.4) is 0 Å². The average molecular weight is 637 g/mol. The van der Waals surface area contributed by atoms with Crippen molar-refractivity contribution in [3.63, 3.8) is 0 Å². The van der Waals surface area contributed by atoms with Crippen LogP contribution in [0.2, 0.25) is 0 Å². The van der Waals surface area contributed by atoms with Gasteiger partial charge in [-0.05, 0) is 84.0 Å². The van der Waals surface area contributed by atoms with E-state index in [-0.39, 0.29) is 11.1 Å². The second-order valence-electron chi connectivity index (χ2n) is 13.5. The molecule has 1 atom stereocenters. The van der Waals surface area contributed by atoms with Crippen molar-refractivity contribution in [3.05, 3.63) is 63.5 Å². The summed E-state index contributed by atoms with van der Waals surface area (Å²) in [5, 5.41) is 24.3. The summed E-state index contributed by atoms with van der Waals surface area (Å²) in [4.78, 5) is 25.3. The van der Waals surface area contributed by atoms with Crippen molar-refractivity contribution >= 4 is 16.9 Å². The van der Waals surface area contributed by atoms with Gasteiger partial charge in [-0.25, -0.2) is 23.1 Å². The number of hydrogen-bond donors (Lipinski definition) is 2. The van der Waals surface area contributed by atoms with Gasteiger partial charge in [-0.3, -0.25) is 9.36 Å². The molecule has 3 aliphatic heterocycles. The molecule has 0 radical (unpaired) electrons. The van der Waals surface area contributed by atoms with Crippen LogP contribution < -0.4 is 10.9 Å². The molecule has 11 heteroatoms. The Kier molecular flexibility index (Phi) is 9.40. The first-order valence-corrected chi connectivity index (χ1v) is 16.8. The van der Waals surface area contributed by atoms with Crippen LogP contribution in [0.5, 0.6) is 0 Å². The van der Waals surface area contributed by atoms with E-state index in [1.165, 1.54) is 24.5 Å². The summed E-state index contributed by atoms with van der Waals surface area (Å²) in [5.41, 5.74) is -1.09. The van der Waals surface area contributed by atoms with Crippen LogP contribution >= 0.6 is 0 Å². The molecular weight excluding hydrogens is 593 g/mol. The number of hydrogen-bond acceptors (Lipinski definition) is 7. The van der Waals surface area contributed by atoms with Gasteiger partial charge in [-0.15, -0.1) is 0 Å². The number of anilines is 1. The number of aryl methyl sites for hydroxylation is 1. The Hall–Kier alpha value is -3.49. The summed E-state index contributed by atoms with van der Waals surface area (Å²) in [6.45, 7) is 4.11. The zero-order valence-corrected chi connectivity index (χ0v) is 26.5. The fourth-order valence-corrected chi connectivity index (χ4v) is 7.68. The third-order valence-corrected chi connectivity index (χ3v) is 10.6. The zero-order chi connectivity index (χ0) is 32.5. The highest BCUT2D eigenvalue weighted by Gasteiger charge is 2.45. The van der Waals surface area contributed by atoms with Crippen LogP contribution in [0.4, 0.5) is 19.0 Å². The van der Waals surface area contributed by atoms with Gasteiger partial charge in [0.1, 0.15) is 23.6 Å². The molecule has 1 saturated heterocycles. The maximum absolute atomic E-state index is 16.0. The molecule has 8 nitrogen and oxygen atoms in total. The summed E-state index contributed by atoms with van der Waals surface area (Å²) >= 11 is 0. The zero-order valence-electron chi connectivity index (χ0n) is 26.5. The number of nitrogens with one attached hydrogen (secondary N) is 1. The van der Waals surface area contributed by atoms with Crippen molar-refractivity contribution in [3.8, 4) is 6.07 Å². The summed E-state index contributed by atoms with van der Waals surface area (Å²) in [6, 6.07) is 7.52. The van der Waals surface area contributed by atoms with E-state index in [4.69, 9.17) is 0 Å². The minimum atomic E-state index is -3.31. The Morgan fingerprint density at radius 3 is 2.39 bits per heavy atom. The van der Waals surface area contributed by atoms with E-state index in [2.05, 4.69) is 26.3 Å². The molecule has 46 heavy (non-hydrogen) atoms. The van der Waals surface area contributed by atoms with Gasteiger partial charge in [0.05, 0.1) is 34.6 Å². The standard InChI is InChI=1S/C35H43F3N6O2/c1-23-26-8-7-9-28(30(26)36)35(37,38)24-12-18-43(19-13-24)16-5-3-2-4-6-17-44-32-27(31(42-23)40-22-41-32)20-29(33(44)46)34(21-39)14-10-25(45)11-15-34/h7-9,20,22-25,45H,2-6,10-19H2,1H3,(H,40,41,42)/t23-,25?,34?/m1/s1. The van der Waals surface area contributed by atoms with Crippen molar-refractivity contribution < 1.29 is 18.3 Å². The van der Waals surface area contributed by atoms with Gasteiger partial charge in [-0.1, -0.05) is 37.5 Å². The molecule has 1 aromatic carbocycles. The number of halogens is 3. The molecule has 0 spiro atoms. The van der Waals surface area contributed by atoms with Gasteiger partial charge in [-0.2, -0.15) is 5.26 Å². The summed E-state index contributed by atoms with van der Waals surface area (Å²) in [7, 11) is 0. The monoisotopic (exact) mass is 636 g/mol. The molecule has 0 unspecified atom stereocenters. The van der Waals surface area contributed by atoms with Crippen LogP contribution in [-0.2, 0) is 17.9 Å². The second-order valence-corrected chi connectivity index (χ2v) is 13.5. The molecule has 246 valence electrons. The van der Waals surface area contributed by atoms with Gasteiger partial charge in [0.15, 0.2) is 0 Å². The number of pyridine rings is 1. The Morgan fingerprint density at radius 2 is 1.67 bits per heavy atom. The predicted octanol–water partition coefficient (Wildman–Crippen LogP) is 6.57. The number of piperidine rings is 1. The molecule has 1 saturated carbocycles. The number of aromatic nitrogens is 3. The number of aliphatic hydroxyl groups excluding tert-OH is 1. The highest BCUT2D eigenvalue weighted by atomic mass is 19.3. The largest absolute Gasteiger partial charge is 0.393 e. The molecule has 2 fully saturated rings. The highest BCUT2D eigenvalue weighted by molar-refractivity contribution is 5.87. The molecule has 5 heterocycles. The third kappa shape index (κ3) is 6.14. The normalized spacial score (nSPS) is 29.0. The molecular formula is C35H43F3N6O2. The first kappa shape index (κ1) is 32.5. The summed E-state index contributed by atoms with van der Waals surface area (Å²) < 4.78 is 49.4. The lowest BCUT2D eigenvalue weighted by molar-refractivity contribution is -0.0880. The van der Waals surface area contributed by atoms with Crippen molar-refractivity contribution in [2.24, 2.45) is 5.92 Å². The number of nitriles is 1.